The van der Waals surface area contributed by atoms with E-state index in [1.807, 2.05) is 0 Å². The minimum absolute atomic E-state index is 0.291. The van der Waals surface area contributed by atoms with Crippen molar-refractivity contribution in [1.29, 1.82) is 0 Å². The van der Waals surface area contributed by atoms with Crippen LogP contribution in [0.2, 0.25) is 5.02 Å². The summed E-state index contributed by atoms with van der Waals surface area (Å²) in [7, 11) is 0. The van der Waals surface area contributed by atoms with Crippen LogP contribution >= 0.6 is 11.6 Å². The second-order valence-corrected chi connectivity index (χ2v) is 3.50. The molecule has 0 aliphatic carbocycles. The van der Waals surface area contributed by atoms with Crippen LogP contribution in [0.3, 0.4) is 0 Å². The molecule has 0 heterocycles. The standard InChI is InChI=1S/C11H13ClFNO2/c1-2-16-11(15)14-7-6-8-9(12)4-3-5-10(8)13/h3-5H,2,6-7H2,1H3,(H,14,15). The number of ether oxygens (including phenoxy) is 1. The Labute approximate surface area is 98.5 Å². The topological polar surface area (TPSA) is 38.3 Å². The van der Waals surface area contributed by atoms with Crippen molar-refractivity contribution in [2.75, 3.05) is 13.2 Å². The second kappa shape index (κ2) is 6.33. The number of alkyl carbamates (subject to hydrolysis) is 1. The van der Waals surface area contributed by atoms with Crippen LogP contribution in [0, 0.1) is 5.82 Å². The first kappa shape index (κ1) is 12.8. The van der Waals surface area contributed by atoms with E-state index in [2.05, 4.69) is 10.1 Å². The van der Waals surface area contributed by atoms with Crippen LogP contribution in [0.5, 0.6) is 0 Å². The molecule has 0 saturated carbocycles. The summed E-state index contributed by atoms with van der Waals surface area (Å²) in [6.07, 6.45) is -0.167. The lowest BCUT2D eigenvalue weighted by Gasteiger charge is -2.07. The largest absolute Gasteiger partial charge is 0.450 e. The van der Waals surface area contributed by atoms with Gasteiger partial charge >= 0.3 is 6.09 Å². The summed E-state index contributed by atoms with van der Waals surface area (Å²) in [5.41, 5.74) is 0.404. The Hall–Kier alpha value is -1.29. The zero-order valence-electron chi connectivity index (χ0n) is 8.93. The van der Waals surface area contributed by atoms with Gasteiger partial charge in [-0.1, -0.05) is 17.7 Å². The zero-order chi connectivity index (χ0) is 12.0. The van der Waals surface area contributed by atoms with Gasteiger partial charge in [-0.15, -0.1) is 0 Å². The molecule has 1 aromatic rings. The molecule has 3 nitrogen and oxygen atoms in total. The summed E-state index contributed by atoms with van der Waals surface area (Å²) in [5.74, 6) is -0.363. The van der Waals surface area contributed by atoms with Crippen molar-refractivity contribution in [3.63, 3.8) is 0 Å². The van der Waals surface area contributed by atoms with Gasteiger partial charge in [0.25, 0.3) is 0 Å². The Bertz CT molecular complexity index is 351. The van der Waals surface area contributed by atoms with E-state index in [4.69, 9.17) is 11.6 Å². The van der Waals surface area contributed by atoms with Gasteiger partial charge in [-0.25, -0.2) is 9.18 Å². The van der Waals surface area contributed by atoms with Gasteiger partial charge in [0.2, 0.25) is 0 Å². The fourth-order valence-electron chi connectivity index (χ4n) is 1.24. The molecule has 0 radical (unpaired) electrons. The van der Waals surface area contributed by atoms with Crippen molar-refractivity contribution in [3.8, 4) is 0 Å². The van der Waals surface area contributed by atoms with Crippen LogP contribution in [0.4, 0.5) is 9.18 Å². The van der Waals surface area contributed by atoms with E-state index in [1.54, 1.807) is 19.1 Å². The SMILES string of the molecule is CCOC(=O)NCCc1c(F)cccc1Cl. The van der Waals surface area contributed by atoms with Gasteiger partial charge in [0.15, 0.2) is 0 Å². The smallest absolute Gasteiger partial charge is 0.407 e. The van der Waals surface area contributed by atoms with E-state index in [-0.39, 0.29) is 5.82 Å². The van der Waals surface area contributed by atoms with E-state index in [0.29, 0.717) is 30.2 Å². The van der Waals surface area contributed by atoms with Crippen molar-refractivity contribution in [1.82, 2.24) is 5.32 Å². The summed E-state index contributed by atoms with van der Waals surface area (Å²) < 4.78 is 18.0. The third-order valence-corrected chi connectivity index (χ3v) is 2.34. The lowest BCUT2D eigenvalue weighted by Crippen LogP contribution is -2.26. The van der Waals surface area contributed by atoms with E-state index in [9.17, 15) is 9.18 Å². The number of halogens is 2. The van der Waals surface area contributed by atoms with Crippen LogP contribution in [-0.2, 0) is 11.2 Å². The molecule has 1 N–H and O–H groups in total. The number of hydrogen-bond acceptors (Lipinski definition) is 2. The zero-order valence-corrected chi connectivity index (χ0v) is 9.68. The molecule has 0 unspecified atom stereocenters. The van der Waals surface area contributed by atoms with Gasteiger partial charge < -0.3 is 10.1 Å². The normalized spacial score (nSPS) is 9.94. The van der Waals surface area contributed by atoms with Crippen LogP contribution < -0.4 is 5.32 Å². The number of nitrogens with one attached hydrogen (secondary N) is 1. The summed E-state index contributed by atoms with van der Waals surface area (Å²) in [4.78, 5) is 10.9. The minimum Gasteiger partial charge on any atom is -0.450 e. The third kappa shape index (κ3) is 3.70. The molecule has 0 aliphatic heterocycles. The Balaban J connectivity index is 2.46. The minimum atomic E-state index is -0.505. The highest BCUT2D eigenvalue weighted by Crippen LogP contribution is 2.18. The first-order valence-corrected chi connectivity index (χ1v) is 5.36. The fraction of sp³-hybridized carbons (Fsp3) is 0.364. The number of rotatable bonds is 4. The molecule has 1 aromatic carbocycles. The third-order valence-electron chi connectivity index (χ3n) is 1.98. The lowest BCUT2D eigenvalue weighted by atomic mass is 10.1. The molecular weight excluding hydrogens is 233 g/mol. The predicted molar refractivity (Wildman–Crippen MR) is 60.1 cm³/mol. The van der Waals surface area contributed by atoms with Crippen molar-refractivity contribution in [3.05, 3.63) is 34.6 Å². The van der Waals surface area contributed by atoms with Gasteiger partial charge in [-0.05, 0) is 25.5 Å². The molecule has 0 aromatic heterocycles. The quantitative estimate of drug-likeness (QED) is 0.886. The van der Waals surface area contributed by atoms with Crippen LogP contribution in [-0.4, -0.2) is 19.2 Å². The van der Waals surface area contributed by atoms with Crippen molar-refractivity contribution < 1.29 is 13.9 Å². The van der Waals surface area contributed by atoms with E-state index >= 15 is 0 Å². The number of carbonyl (C=O) groups excluding carboxylic acids is 1. The average molecular weight is 246 g/mol. The predicted octanol–water partition coefficient (Wildman–Crippen LogP) is 2.77. The number of benzene rings is 1. The maximum Gasteiger partial charge on any atom is 0.407 e. The highest BCUT2D eigenvalue weighted by Gasteiger charge is 2.07. The Morgan fingerprint density at radius 2 is 2.31 bits per heavy atom. The van der Waals surface area contributed by atoms with Crippen molar-refractivity contribution >= 4 is 17.7 Å². The molecule has 0 fully saturated rings. The summed E-state index contributed by atoms with van der Waals surface area (Å²) in [5, 5.41) is 2.87. The Kier molecular flexibility index (Phi) is 5.05. The Morgan fingerprint density at radius 3 is 2.94 bits per heavy atom. The Morgan fingerprint density at radius 1 is 1.56 bits per heavy atom. The molecule has 0 bridgehead atoms. The molecule has 1 amide bonds. The molecule has 5 heteroatoms. The first-order chi connectivity index (χ1) is 7.65. The molecule has 16 heavy (non-hydrogen) atoms. The number of amides is 1. The molecule has 0 atom stereocenters. The summed E-state index contributed by atoms with van der Waals surface area (Å²) in [6.45, 7) is 2.32. The van der Waals surface area contributed by atoms with Crippen LogP contribution in [0.15, 0.2) is 18.2 Å². The van der Waals surface area contributed by atoms with Crippen LogP contribution in [0.25, 0.3) is 0 Å². The van der Waals surface area contributed by atoms with Gasteiger partial charge in [0, 0.05) is 17.1 Å². The fourth-order valence-corrected chi connectivity index (χ4v) is 1.50. The maximum atomic E-state index is 13.3. The molecule has 1 rings (SSSR count). The van der Waals surface area contributed by atoms with Crippen molar-refractivity contribution in [2.24, 2.45) is 0 Å². The highest BCUT2D eigenvalue weighted by atomic mass is 35.5. The summed E-state index contributed by atoms with van der Waals surface area (Å²) in [6, 6.07) is 4.50. The summed E-state index contributed by atoms with van der Waals surface area (Å²) >= 11 is 5.82. The van der Waals surface area contributed by atoms with Crippen molar-refractivity contribution in [2.45, 2.75) is 13.3 Å². The van der Waals surface area contributed by atoms with E-state index in [0.717, 1.165) is 0 Å². The number of carbonyl (C=O) groups is 1. The monoisotopic (exact) mass is 245 g/mol. The van der Waals surface area contributed by atoms with E-state index < -0.39 is 6.09 Å². The molecular formula is C11H13ClFNO2. The first-order valence-electron chi connectivity index (χ1n) is 4.98. The lowest BCUT2D eigenvalue weighted by molar-refractivity contribution is 0.152. The molecule has 0 spiro atoms. The van der Waals surface area contributed by atoms with Gasteiger partial charge in [-0.2, -0.15) is 0 Å². The average Bonchev–Trinajstić information content (AvgIpc) is 2.23. The van der Waals surface area contributed by atoms with Gasteiger partial charge in [0.05, 0.1) is 6.61 Å². The number of hydrogen-bond donors (Lipinski definition) is 1. The molecule has 0 aliphatic rings. The van der Waals surface area contributed by atoms with Gasteiger partial charge in [-0.3, -0.25) is 0 Å². The van der Waals surface area contributed by atoms with E-state index in [1.165, 1.54) is 6.07 Å². The highest BCUT2D eigenvalue weighted by molar-refractivity contribution is 6.31. The maximum absolute atomic E-state index is 13.3. The van der Waals surface area contributed by atoms with Crippen LogP contribution in [0.1, 0.15) is 12.5 Å². The molecule has 88 valence electrons. The second-order valence-electron chi connectivity index (χ2n) is 3.10. The molecule has 0 saturated heterocycles. The van der Waals surface area contributed by atoms with Gasteiger partial charge in [0.1, 0.15) is 5.82 Å².